The summed E-state index contributed by atoms with van der Waals surface area (Å²) < 4.78 is 45.2. The summed E-state index contributed by atoms with van der Waals surface area (Å²) in [6.07, 6.45) is 36.6. The number of para-hydroxylation sites is 1. The van der Waals surface area contributed by atoms with E-state index in [0.717, 1.165) is 77.0 Å². The van der Waals surface area contributed by atoms with E-state index in [-0.39, 0.29) is 39.9 Å². The van der Waals surface area contributed by atoms with Crippen molar-refractivity contribution in [3.05, 3.63) is 30.3 Å². The molecule has 1 unspecified atom stereocenters. The molecule has 0 saturated heterocycles. The van der Waals surface area contributed by atoms with Gasteiger partial charge in [0.05, 0.1) is 42.6 Å². The monoisotopic (exact) mass is 989 g/mol. The molecule has 0 aliphatic carbocycles. The molecule has 68 heavy (non-hydrogen) atoms. The van der Waals surface area contributed by atoms with Gasteiger partial charge >= 0.3 is 11.9 Å². The van der Waals surface area contributed by atoms with Crippen LogP contribution in [0.5, 0.6) is 0 Å². The third kappa shape index (κ3) is 26.5. The Morgan fingerprint density at radius 3 is 1.44 bits per heavy atom. The molecule has 0 aliphatic rings. The van der Waals surface area contributed by atoms with E-state index in [1.54, 1.807) is 12.1 Å². The first-order valence-corrected chi connectivity index (χ1v) is 32.0. The van der Waals surface area contributed by atoms with Gasteiger partial charge in [0.15, 0.2) is 8.32 Å². The lowest BCUT2D eigenvalue weighted by molar-refractivity contribution is -0.153. The van der Waals surface area contributed by atoms with Gasteiger partial charge in [0.2, 0.25) is 9.84 Å². The van der Waals surface area contributed by atoms with Crippen molar-refractivity contribution in [3.8, 4) is 5.69 Å². The van der Waals surface area contributed by atoms with Crippen molar-refractivity contribution < 1.29 is 31.9 Å². The van der Waals surface area contributed by atoms with Gasteiger partial charge in [-0.05, 0) is 87.1 Å². The summed E-state index contributed by atoms with van der Waals surface area (Å²) in [5, 5.41) is 11.3. The van der Waals surface area contributed by atoms with Gasteiger partial charge in [-0.15, -0.1) is 0 Å². The number of esters is 2. The Hall–Kier alpha value is -2.64. The fraction of sp³-hybridized carbons (Fsp3) is 0.836. The number of rotatable bonds is 41. The zero-order valence-electron chi connectivity index (χ0n) is 44.9. The molecule has 0 spiro atoms. The van der Waals surface area contributed by atoms with Crippen LogP contribution in [0.2, 0.25) is 18.1 Å². The van der Waals surface area contributed by atoms with E-state index in [2.05, 4.69) is 49.4 Å². The smallest absolute Gasteiger partial charge is 0.311 e. The van der Waals surface area contributed by atoms with Crippen LogP contribution in [0, 0.1) is 11.3 Å². The molecular weight excluding hydrogens is 889 g/mol. The number of sulfone groups is 1. The van der Waals surface area contributed by atoms with Gasteiger partial charge in [-0.25, -0.2) is 8.42 Å². The number of carbonyl (C=O) groups excluding carboxylic acids is 2. The number of nitrogens with zero attached hydrogens (tertiary/aromatic N) is 4. The first-order chi connectivity index (χ1) is 32.4. The summed E-state index contributed by atoms with van der Waals surface area (Å²) in [5.41, 5.74) is 0.225. The predicted octanol–water partition coefficient (Wildman–Crippen LogP) is 15.3. The minimum atomic E-state index is -3.60. The number of benzene rings is 1. The van der Waals surface area contributed by atoms with Crippen LogP contribution in [0.15, 0.2) is 35.5 Å². The number of carbonyl (C=O) groups is 2. The van der Waals surface area contributed by atoms with Crippen LogP contribution in [0.1, 0.15) is 241 Å². The van der Waals surface area contributed by atoms with Crippen molar-refractivity contribution in [2.75, 3.05) is 19.5 Å². The van der Waals surface area contributed by atoms with Crippen molar-refractivity contribution in [2.45, 2.75) is 270 Å². The zero-order valence-corrected chi connectivity index (χ0v) is 46.7. The van der Waals surface area contributed by atoms with Crippen molar-refractivity contribution in [3.63, 3.8) is 0 Å². The summed E-state index contributed by atoms with van der Waals surface area (Å²) >= 11 is 0. The molecule has 2 atom stereocenters. The fourth-order valence-corrected chi connectivity index (χ4v) is 11.3. The minimum absolute atomic E-state index is 0.0231. The molecule has 0 bridgehead atoms. The van der Waals surface area contributed by atoms with Crippen molar-refractivity contribution in [1.82, 2.24) is 20.2 Å². The Balaban J connectivity index is 1.54. The summed E-state index contributed by atoms with van der Waals surface area (Å²) in [6, 6.07) is 9.09. The van der Waals surface area contributed by atoms with E-state index in [1.165, 1.54) is 127 Å². The highest BCUT2D eigenvalue weighted by Crippen LogP contribution is 2.39. The molecule has 0 radical (unpaired) electrons. The lowest BCUT2D eigenvalue weighted by Gasteiger charge is -2.41. The average Bonchev–Trinajstić information content (AvgIpc) is 3.80. The van der Waals surface area contributed by atoms with E-state index in [9.17, 15) is 18.0 Å². The quantitative estimate of drug-likeness (QED) is 0.0359. The van der Waals surface area contributed by atoms with Gasteiger partial charge in [-0.2, -0.15) is 4.68 Å². The molecule has 0 fully saturated rings. The van der Waals surface area contributed by atoms with E-state index >= 15 is 0 Å². The van der Waals surface area contributed by atoms with Crippen molar-refractivity contribution in [1.29, 1.82) is 0 Å². The number of methoxy groups -OCH3 is 1. The first-order valence-electron chi connectivity index (χ1n) is 27.4. The highest BCUT2D eigenvalue weighted by molar-refractivity contribution is 7.91. The van der Waals surface area contributed by atoms with Gasteiger partial charge in [0.1, 0.15) is 0 Å². The second-order valence-corrected chi connectivity index (χ2v) is 29.0. The summed E-state index contributed by atoms with van der Waals surface area (Å²) in [6.45, 7) is 17.6. The zero-order chi connectivity index (χ0) is 50.2. The summed E-state index contributed by atoms with van der Waals surface area (Å²) in [5.74, 6) is -0.442. The Kier molecular flexibility index (Phi) is 31.3. The molecule has 1 aromatic heterocycles. The standard InChI is InChI=1S/C55H100N4O7SSi/c1-54(2,3)52(61)65-46-40-33-29-25-23-21-19-17-15-13-11-10-12-14-16-18-20-22-24-27-31-38-44-49(51(60)64-7)50(66-68(8,9)55(4,5)6)45-39-32-28-26-30-34-41-47-67(62,63)53-56-57-58-59(53)48-42-36-35-37-43-48/h35-37,42-43,49-50H,10-34,38-41,44-47H2,1-9H3/t49?,50-/m1/s1. The molecule has 392 valence electrons. The molecular formula is C55H100N4O7SSi. The molecule has 0 N–H and O–H groups in total. The maximum atomic E-state index is 13.3. The average molecular weight is 990 g/mol. The second kappa shape index (κ2) is 34.6. The fourth-order valence-electron chi connectivity index (χ4n) is 8.60. The van der Waals surface area contributed by atoms with Crippen LogP contribution < -0.4 is 0 Å². The van der Waals surface area contributed by atoms with Crippen LogP contribution >= 0.6 is 0 Å². The van der Waals surface area contributed by atoms with Crippen molar-refractivity contribution in [2.24, 2.45) is 11.3 Å². The van der Waals surface area contributed by atoms with E-state index in [0.29, 0.717) is 18.7 Å². The maximum Gasteiger partial charge on any atom is 0.311 e. The van der Waals surface area contributed by atoms with Gasteiger partial charge in [-0.1, -0.05) is 217 Å². The third-order valence-corrected chi connectivity index (χ3v) is 20.2. The number of aromatic nitrogens is 4. The van der Waals surface area contributed by atoms with Gasteiger partial charge in [-0.3, -0.25) is 9.59 Å². The van der Waals surface area contributed by atoms with Crippen LogP contribution in [-0.2, 0) is 33.3 Å². The van der Waals surface area contributed by atoms with Gasteiger partial charge in [0, 0.05) is 0 Å². The number of hydrogen-bond donors (Lipinski definition) is 0. The molecule has 2 aromatic rings. The highest BCUT2D eigenvalue weighted by atomic mass is 32.2. The van der Waals surface area contributed by atoms with Crippen LogP contribution in [0.4, 0.5) is 0 Å². The Labute approximate surface area is 417 Å². The molecule has 0 saturated carbocycles. The minimum Gasteiger partial charge on any atom is -0.469 e. The Bertz CT molecular complexity index is 1710. The maximum absolute atomic E-state index is 13.3. The lowest BCUT2D eigenvalue weighted by atomic mass is 9.91. The van der Waals surface area contributed by atoms with Crippen LogP contribution in [-0.4, -0.2) is 74.5 Å². The molecule has 1 heterocycles. The third-order valence-electron chi connectivity index (χ3n) is 14.1. The van der Waals surface area contributed by atoms with Gasteiger partial charge in [0.25, 0.3) is 5.16 Å². The van der Waals surface area contributed by atoms with Crippen LogP contribution in [0.3, 0.4) is 0 Å². The van der Waals surface area contributed by atoms with Crippen molar-refractivity contribution >= 4 is 30.1 Å². The Morgan fingerprint density at radius 2 is 1.01 bits per heavy atom. The number of tetrazole rings is 1. The van der Waals surface area contributed by atoms with E-state index in [1.807, 2.05) is 39.0 Å². The second-order valence-electron chi connectivity index (χ2n) is 22.3. The van der Waals surface area contributed by atoms with E-state index < -0.39 is 23.6 Å². The Morgan fingerprint density at radius 1 is 0.603 bits per heavy atom. The SMILES string of the molecule is COC(=O)C(CCCCCCCCCCCCCCCCCCCCCCCCOC(=O)C(C)(C)C)[C@@H](CCCCCCCCCS(=O)(=O)c1nnnn1-c1ccccc1)O[Si](C)(C)C(C)(C)C. The number of ether oxygens (including phenoxy) is 2. The van der Waals surface area contributed by atoms with Gasteiger partial charge < -0.3 is 13.9 Å². The highest BCUT2D eigenvalue weighted by Gasteiger charge is 2.42. The lowest BCUT2D eigenvalue weighted by Crippen LogP contribution is -2.47. The first kappa shape index (κ1) is 61.5. The number of hydrogen-bond acceptors (Lipinski definition) is 10. The van der Waals surface area contributed by atoms with E-state index in [4.69, 9.17) is 13.9 Å². The predicted molar refractivity (Wildman–Crippen MR) is 282 cm³/mol. The largest absolute Gasteiger partial charge is 0.469 e. The molecule has 0 aliphatic heterocycles. The summed E-state index contributed by atoms with van der Waals surface area (Å²) in [7, 11) is -4.21. The number of unbranched alkanes of at least 4 members (excludes halogenated alkanes) is 27. The molecule has 2 rings (SSSR count). The molecule has 11 nitrogen and oxygen atoms in total. The summed E-state index contributed by atoms with van der Waals surface area (Å²) in [4.78, 5) is 25.1. The molecule has 0 amide bonds. The van der Waals surface area contributed by atoms with Crippen LogP contribution in [0.25, 0.3) is 5.69 Å². The molecule has 1 aromatic carbocycles. The topological polar surface area (TPSA) is 140 Å². The normalized spacial score (nSPS) is 13.4. The molecule has 13 heteroatoms.